The van der Waals surface area contributed by atoms with Crippen LogP contribution in [0.2, 0.25) is 0 Å². The summed E-state index contributed by atoms with van der Waals surface area (Å²) >= 11 is 1.43. The number of methoxy groups -OCH3 is 2. The number of allylic oxidation sites excluding steroid dienone is 1. The molecule has 2 aromatic rings. The Morgan fingerprint density at radius 1 is 1.03 bits per heavy atom. The van der Waals surface area contributed by atoms with Crippen molar-refractivity contribution in [1.82, 2.24) is 10.2 Å². The fraction of sp³-hybridized carbons (Fsp3) is 0.345. The molecular formula is C29H33N3O6S. The Kier molecular flexibility index (Phi) is 10.2. The van der Waals surface area contributed by atoms with Gasteiger partial charge < -0.3 is 29.2 Å². The van der Waals surface area contributed by atoms with Gasteiger partial charge in [0.25, 0.3) is 0 Å². The Labute approximate surface area is 232 Å². The van der Waals surface area contributed by atoms with Crippen LogP contribution in [0, 0.1) is 0 Å². The number of nitrogens with one attached hydrogen (secondary N) is 1. The van der Waals surface area contributed by atoms with Crippen molar-refractivity contribution in [2.75, 3.05) is 40.6 Å². The first-order chi connectivity index (χ1) is 19.0. The van der Waals surface area contributed by atoms with Crippen molar-refractivity contribution in [2.24, 2.45) is 4.99 Å². The van der Waals surface area contributed by atoms with Crippen molar-refractivity contribution >= 4 is 28.8 Å². The second-order valence-corrected chi connectivity index (χ2v) is 9.72. The van der Waals surface area contributed by atoms with E-state index in [1.54, 1.807) is 21.1 Å². The van der Waals surface area contributed by atoms with Gasteiger partial charge in [0.05, 0.1) is 36.9 Å². The first kappa shape index (κ1) is 28.4. The summed E-state index contributed by atoms with van der Waals surface area (Å²) in [5, 5.41) is 5.46. The number of fused-ring (bicyclic) bond motifs is 1. The van der Waals surface area contributed by atoms with Crippen LogP contribution in [0.4, 0.5) is 0 Å². The topological polar surface area (TPSA) is 98.7 Å². The summed E-state index contributed by atoms with van der Waals surface area (Å²) in [5.74, 6) is 0.0444. The van der Waals surface area contributed by atoms with Gasteiger partial charge in [-0.2, -0.15) is 0 Å². The lowest BCUT2D eigenvalue weighted by Gasteiger charge is -2.36. The van der Waals surface area contributed by atoms with E-state index in [0.717, 1.165) is 16.8 Å². The summed E-state index contributed by atoms with van der Waals surface area (Å²) in [4.78, 5) is 32.7. The monoisotopic (exact) mass is 551 g/mol. The molecule has 4 rings (SSSR count). The van der Waals surface area contributed by atoms with Crippen molar-refractivity contribution in [3.63, 3.8) is 0 Å². The average molecular weight is 552 g/mol. The van der Waals surface area contributed by atoms with Crippen LogP contribution < -0.4 is 10.1 Å². The standard InChI is InChI=1S/C29H33N3O6S/c1-20-26(28(34)37-15-14-36-3)27(22-10-7-11-24(16-22)38-18-21-8-5-4-6-9-21)32-23(19-39-29(32)31-20)17-25(33)30-12-13-35-2/h4-11,16,19,27H,12-15,17-18H2,1-3H3,(H,30,33). The maximum absolute atomic E-state index is 13.4. The zero-order chi connectivity index (χ0) is 27.6. The normalized spacial score (nSPS) is 16.4. The quantitative estimate of drug-likeness (QED) is 0.293. The molecular weight excluding hydrogens is 518 g/mol. The van der Waals surface area contributed by atoms with Crippen molar-refractivity contribution in [1.29, 1.82) is 0 Å². The summed E-state index contributed by atoms with van der Waals surface area (Å²) in [5.41, 5.74) is 3.58. The Morgan fingerprint density at radius 3 is 2.59 bits per heavy atom. The third-order valence-electron chi connectivity index (χ3n) is 6.13. The number of thioether (sulfide) groups is 1. The highest BCUT2D eigenvalue weighted by atomic mass is 32.2. The van der Waals surface area contributed by atoms with Gasteiger partial charge in [-0.25, -0.2) is 9.79 Å². The molecule has 0 saturated carbocycles. The first-order valence-corrected chi connectivity index (χ1v) is 13.5. The van der Waals surface area contributed by atoms with Gasteiger partial charge in [-0.1, -0.05) is 54.2 Å². The van der Waals surface area contributed by atoms with E-state index in [1.807, 2.05) is 64.9 Å². The molecule has 39 heavy (non-hydrogen) atoms. The van der Waals surface area contributed by atoms with E-state index >= 15 is 0 Å². The number of benzene rings is 2. The number of hydrogen-bond acceptors (Lipinski definition) is 9. The zero-order valence-corrected chi connectivity index (χ0v) is 23.2. The van der Waals surface area contributed by atoms with Crippen LogP contribution in [0.1, 0.15) is 30.5 Å². The molecule has 0 spiro atoms. The highest BCUT2D eigenvalue weighted by Crippen LogP contribution is 2.45. The van der Waals surface area contributed by atoms with Crippen LogP contribution in [-0.2, 0) is 30.4 Å². The van der Waals surface area contributed by atoms with Crippen LogP contribution in [0.25, 0.3) is 0 Å². The van der Waals surface area contributed by atoms with E-state index in [4.69, 9.17) is 23.9 Å². The van der Waals surface area contributed by atoms with Crippen LogP contribution >= 0.6 is 11.8 Å². The predicted molar refractivity (Wildman–Crippen MR) is 150 cm³/mol. The number of carbonyl (C=O) groups is 2. The third-order valence-corrected chi connectivity index (χ3v) is 7.02. The zero-order valence-electron chi connectivity index (χ0n) is 22.3. The average Bonchev–Trinajstić information content (AvgIpc) is 3.33. The highest BCUT2D eigenvalue weighted by molar-refractivity contribution is 8.16. The van der Waals surface area contributed by atoms with Gasteiger partial charge in [0.1, 0.15) is 19.0 Å². The molecule has 0 aliphatic carbocycles. The molecule has 2 heterocycles. The van der Waals surface area contributed by atoms with Gasteiger partial charge in [-0.3, -0.25) is 4.79 Å². The summed E-state index contributed by atoms with van der Waals surface area (Å²) in [6, 6.07) is 17.0. The van der Waals surface area contributed by atoms with Gasteiger partial charge >= 0.3 is 5.97 Å². The molecule has 10 heteroatoms. The minimum absolute atomic E-state index is 0.120. The summed E-state index contributed by atoms with van der Waals surface area (Å²) in [7, 11) is 3.14. The van der Waals surface area contributed by atoms with Crippen LogP contribution in [0.3, 0.4) is 0 Å². The van der Waals surface area contributed by atoms with E-state index < -0.39 is 12.0 Å². The van der Waals surface area contributed by atoms with E-state index in [1.165, 1.54) is 11.8 Å². The molecule has 0 radical (unpaired) electrons. The number of nitrogens with zero attached hydrogens (tertiary/aromatic N) is 2. The van der Waals surface area contributed by atoms with Gasteiger partial charge in [-0.05, 0) is 35.6 Å². The molecule has 2 aromatic carbocycles. The van der Waals surface area contributed by atoms with Gasteiger partial charge in [0.15, 0.2) is 5.17 Å². The number of amidine groups is 1. The lowest BCUT2D eigenvalue weighted by atomic mass is 9.93. The minimum Gasteiger partial charge on any atom is -0.489 e. The maximum Gasteiger partial charge on any atom is 0.338 e. The number of amides is 1. The molecule has 0 aromatic heterocycles. The number of carbonyl (C=O) groups excluding carboxylic acids is 2. The summed E-state index contributed by atoms with van der Waals surface area (Å²) < 4.78 is 21.7. The molecule has 1 amide bonds. The Bertz CT molecular complexity index is 1260. The number of esters is 1. The molecule has 1 unspecified atom stereocenters. The molecule has 9 nitrogen and oxygen atoms in total. The molecule has 0 bridgehead atoms. The highest BCUT2D eigenvalue weighted by Gasteiger charge is 2.41. The fourth-order valence-electron chi connectivity index (χ4n) is 4.28. The third kappa shape index (κ3) is 7.29. The minimum atomic E-state index is -0.555. The molecule has 1 atom stereocenters. The molecule has 2 aliphatic heterocycles. The largest absolute Gasteiger partial charge is 0.489 e. The van der Waals surface area contributed by atoms with E-state index in [9.17, 15) is 9.59 Å². The predicted octanol–water partition coefficient (Wildman–Crippen LogP) is 4.18. The number of ether oxygens (including phenoxy) is 4. The fourth-order valence-corrected chi connectivity index (χ4v) is 5.24. The summed E-state index contributed by atoms with van der Waals surface area (Å²) in [6.45, 7) is 3.46. The van der Waals surface area contributed by atoms with Crippen molar-refractivity contribution < 1.29 is 28.5 Å². The number of rotatable bonds is 13. The molecule has 0 saturated heterocycles. The second kappa shape index (κ2) is 14.0. The summed E-state index contributed by atoms with van der Waals surface area (Å²) in [6.07, 6.45) is 0.126. The van der Waals surface area contributed by atoms with E-state index in [2.05, 4.69) is 5.32 Å². The Morgan fingerprint density at radius 2 is 1.82 bits per heavy atom. The van der Waals surface area contributed by atoms with Crippen molar-refractivity contribution in [2.45, 2.75) is 26.0 Å². The van der Waals surface area contributed by atoms with Crippen molar-refractivity contribution in [3.8, 4) is 5.75 Å². The maximum atomic E-state index is 13.4. The van der Waals surface area contributed by atoms with Gasteiger partial charge in [0, 0.05) is 26.5 Å². The van der Waals surface area contributed by atoms with E-state index in [-0.39, 0.29) is 25.5 Å². The molecule has 1 N–H and O–H groups in total. The van der Waals surface area contributed by atoms with Crippen LogP contribution in [-0.4, -0.2) is 62.5 Å². The van der Waals surface area contributed by atoms with Crippen molar-refractivity contribution in [3.05, 3.63) is 88.1 Å². The van der Waals surface area contributed by atoms with Gasteiger partial charge in [0.2, 0.25) is 5.91 Å². The lowest BCUT2D eigenvalue weighted by molar-refractivity contribution is -0.141. The number of hydrogen-bond donors (Lipinski definition) is 1. The number of aliphatic imine (C=N–C) groups is 1. The first-order valence-electron chi connectivity index (χ1n) is 12.6. The second-order valence-electron chi connectivity index (χ2n) is 8.89. The van der Waals surface area contributed by atoms with E-state index in [0.29, 0.717) is 41.9 Å². The van der Waals surface area contributed by atoms with Gasteiger partial charge in [-0.15, -0.1) is 0 Å². The molecule has 0 fully saturated rings. The lowest BCUT2D eigenvalue weighted by Crippen LogP contribution is -2.38. The van der Waals surface area contributed by atoms with Crippen LogP contribution in [0.15, 0.2) is 82.0 Å². The molecule has 206 valence electrons. The van der Waals surface area contributed by atoms with Crippen LogP contribution in [0.5, 0.6) is 5.75 Å². The molecule has 2 aliphatic rings. The Balaban J connectivity index is 1.64. The SMILES string of the molecule is COCCNC(=O)CC1=CSC2=NC(C)=C(C(=O)OCCOC)C(c3cccc(OCc4ccccc4)c3)N12. The smallest absolute Gasteiger partial charge is 0.338 e. The Hall–Kier alpha value is -3.60.